The molecule has 0 spiro atoms. The fourth-order valence-electron chi connectivity index (χ4n) is 2.01. The zero-order valence-electron chi connectivity index (χ0n) is 10.5. The van der Waals surface area contributed by atoms with Crippen molar-refractivity contribution in [2.45, 2.75) is 12.8 Å². The van der Waals surface area contributed by atoms with Gasteiger partial charge in [0.25, 0.3) is 0 Å². The SMILES string of the molecule is COC(=O)C1=CC(c2ccco2)C(C(=O)O)=C(C)N1. The first kappa shape index (κ1) is 12.9. The molecule has 0 radical (unpaired) electrons. The Morgan fingerprint density at radius 2 is 2.21 bits per heavy atom. The number of methoxy groups -OCH3 is 1. The number of rotatable bonds is 3. The highest BCUT2D eigenvalue weighted by molar-refractivity contribution is 5.94. The van der Waals surface area contributed by atoms with Crippen LogP contribution in [0.2, 0.25) is 0 Å². The Balaban J connectivity index is 2.47. The zero-order chi connectivity index (χ0) is 14.0. The Labute approximate surface area is 109 Å². The Bertz CT molecular complexity index is 568. The van der Waals surface area contributed by atoms with Crippen LogP contribution >= 0.6 is 0 Å². The van der Waals surface area contributed by atoms with E-state index in [9.17, 15) is 14.7 Å². The van der Waals surface area contributed by atoms with E-state index in [0.717, 1.165) is 0 Å². The lowest BCUT2D eigenvalue weighted by atomic mass is 9.91. The number of esters is 1. The molecule has 1 aromatic heterocycles. The monoisotopic (exact) mass is 263 g/mol. The largest absolute Gasteiger partial charge is 0.478 e. The minimum atomic E-state index is -1.06. The molecule has 0 aliphatic carbocycles. The number of furan rings is 1. The van der Waals surface area contributed by atoms with Gasteiger partial charge in [0.2, 0.25) is 0 Å². The Morgan fingerprint density at radius 3 is 2.74 bits per heavy atom. The standard InChI is InChI=1S/C13H13NO5/c1-7-11(12(15)16)8(10-4-3-5-19-10)6-9(14-7)13(17)18-2/h3-6,8,14H,1-2H3,(H,15,16). The summed E-state index contributed by atoms with van der Waals surface area (Å²) in [7, 11) is 1.26. The molecule has 2 rings (SSSR count). The molecule has 0 saturated heterocycles. The first-order valence-corrected chi connectivity index (χ1v) is 5.59. The second kappa shape index (κ2) is 5.01. The highest BCUT2D eigenvalue weighted by Gasteiger charge is 2.31. The van der Waals surface area contributed by atoms with Gasteiger partial charge in [-0.25, -0.2) is 9.59 Å². The number of hydrogen-bond donors (Lipinski definition) is 2. The molecule has 6 nitrogen and oxygen atoms in total. The average Bonchev–Trinajstić information content (AvgIpc) is 2.90. The number of carbonyl (C=O) groups is 2. The third-order valence-corrected chi connectivity index (χ3v) is 2.86. The fraction of sp³-hybridized carbons (Fsp3) is 0.231. The highest BCUT2D eigenvalue weighted by Crippen LogP contribution is 2.32. The van der Waals surface area contributed by atoms with Gasteiger partial charge < -0.3 is 19.6 Å². The van der Waals surface area contributed by atoms with Gasteiger partial charge in [-0.15, -0.1) is 0 Å². The molecule has 1 aromatic rings. The molecule has 1 atom stereocenters. The van der Waals surface area contributed by atoms with E-state index in [4.69, 9.17) is 4.42 Å². The molecule has 0 aromatic carbocycles. The van der Waals surface area contributed by atoms with Crippen LogP contribution in [0.1, 0.15) is 18.6 Å². The number of hydrogen-bond acceptors (Lipinski definition) is 5. The lowest BCUT2D eigenvalue weighted by molar-refractivity contribution is -0.137. The summed E-state index contributed by atoms with van der Waals surface area (Å²) in [5.74, 6) is -1.78. The molecule has 1 unspecified atom stereocenters. The van der Waals surface area contributed by atoms with E-state index in [1.807, 2.05) is 0 Å². The third-order valence-electron chi connectivity index (χ3n) is 2.86. The minimum Gasteiger partial charge on any atom is -0.478 e. The van der Waals surface area contributed by atoms with Crippen LogP contribution in [-0.2, 0) is 14.3 Å². The van der Waals surface area contributed by atoms with Gasteiger partial charge in [-0.3, -0.25) is 0 Å². The number of ether oxygens (including phenoxy) is 1. The molecule has 2 heterocycles. The van der Waals surface area contributed by atoms with Crippen LogP contribution in [0.15, 0.2) is 45.9 Å². The van der Waals surface area contributed by atoms with Crippen molar-refractivity contribution in [1.82, 2.24) is 5.32 Å². The van der Waals surface area contributed by atoms with Crippen molar-refractivity contribution in [3.05, 3.63) is 47.2 Å². The predicted molar refractivity (Wildman–Crippen MR) is 65.0 cm³/mol. The van der Waals surface area contributed by atoms with Gasteiger partial charge in [-0.05, 0) is 25.1 Å². The maximum absolute atomic E-state index is 11.6. The number of carbonyl (C=O) groups excluding carboxylic acids is 1. The van der Waals surface area contributed by atoms with E-state index in [0.29, 0.717) is 11.5 Å². The van der Waals surface area contributed by atoms with E-state index >= 15 is 0 Å². The van der Waals surface area contributed by atoms with Crippen molar-refractivity contribution < 1.29 is 23.8 Å². The molecule has 1 aliphatic rings. The van der Waals surface area contributed by atoms with Gasteiger partial charge in [0.1, 0.15) is 11.5 Å². The lowest BCUT2D eigenvalue weighted by Gasteiger charge is -2.23. The lowest BCUT2D eigenvalue weighted by Crippen LogP contribution is -2.29. The van der Waals surface area contributed by atoms with Crippen LogP contribution in [0, 0.1) is 0 Å². The van der Waals surface area contributed by atoms with Gasteiger partial charge in [-0.2, -0.15) is 0 Å². The van der Waals surface area contributed by atoms with Crippen molar-refractivity contribution in [2.24, 2.45) is 0 Å². The molecular weight excluding hydrogens is 250 g/mol. The van der Waals surface area contributed by atoms with Crippen molar-refractivity contribution in [1.29, 1.82) is 0 Å². The summed E-state index contributed by atoms with van der Waals surface area (Å²) in [6.45, 7) is 1.59. The van der Waals surface area contributed by atoms with Crippen LogP contribution in [0.4, 0.5) is 0 Å². The number of nitrogens with one attached hydrogen (secondary N) is 1. The second-order valence-corrected chi connectivity index (χ2v) is 4.03. The number of dihydropyridines is 1. The number of carboxylic acids is 1. The van der Waals surface area contributed by atoms with Gasteiger partial charge in [-0.1, -0.05) is 0 Å². The topological polar surface area (TPSA) is 88.8 Å². The van der Waals surface area contributed by atoms with Crippen molar-refractivity contribution in [2.75, 3.05) is 7.11 Å². The zero-order valence-corrected chi connectivity index (χ0v) is 10.5. The Kier molecular flexibility index (Phi) is 3.41. The van der Waals surface area contributed by atoms with Gasteiger partial charge in [0.05, 0.1) is 24.9 Å². The van der Waals surface area contributed by atoms with Crippen LogP contribution in [0.3, 0.4) is 0 Å². The van der Waals surface area contributed by atoms with Gasteiger partial charge in [0.15, 0.2) is 0 Å². The van der Waals surface area contributed by atoms with Crippen molar-refractivity contribution in [3.8, 4) is 0 Å². The molecule has 19 heavy (non-hydrogen) atoms. The number of allylic oxidation sites excluding steroid dienone is 2. The quantitative estimate of drug-likeness (QED) is 0.801. The first-order chi connectivity index (χ1) is 9.04. The molecule has 0 fully saturated rings. The molecule has 1 aliphatic heterocycles. The Morgan fingerprint density at radius 1 is 1.47 bits per heavy atom. The van der Waals surface area contributed by atoms with E-state index in [-0.39, 0.29) is 11.3 Å². The molecular formula is C13H13NO5. The summed E-state index contributed by atoms with van der Waals surface area (Å²) in [5, 5.41) is 12.0. The summed E-state index contributed by atoms with van der Waals surface area (Å²) in [6.07, 6.45) is 2.94. The second-order valence-electron chi connectivity index (χ2n) is 4.03. The van der Waals surface area contributed by atoms with Crippen LogP contribution < -0.4 is 5.32 Å². The maximum Gasteiger partial charge on any atom is 0.354 e. The summed E-state index contributed by atoms with van der Waals surface area (Å²) < 4.78 is 9.87. The summed E-state index contributed by atoms with van der Waals surface area (Å²) in [5.41, 5.74) is 0.728. The number of aliphatic carboxylic acids is 1. The summed E-state index contributed by atoms with van der Waals surface area (Å²) in [4.78, 5) is 22.9. The van der Waals surface area contributed by atoms with Crippen LogP contribution in [-0.4, -0.2) is 24.2 Å². The first-order valence-electron chi connectivity index (χ1n) is 5.59. The van der Waals surface area contributed by atoms with E-state index in [2.05, 4.69) is 10.1 Å². The third kappa shape index (κ3) is 2.37. The normalized spacial score (nSPS) is 18.6. The maximum atomic E-state index is 11.6. The molecule has 0 saturated carbocycles. The van der Waals surface area contributed by atoms with Gasteiger partial charge in [0, 0.05) is 5.70 Å². The van der Waals surface area contributed by atoms with Crippen LogP contribution in [0.5, 0.6) is 0 Å². The van der Waals surface area contributed by atoms with Crippen LogP contribution in [0.25, 0.3) is 0 Å². The molecule has 100 valence electrons. The summed E-state index contributed by atoms with van der Waals surface area (Å²) >= 11 is 0. The number of carboxylic acid groups (broad SMARTS) is 1. The molecule has 0 bridgehead atoms. The van der Waals surface area contributed by atoms with E-state index < -0.39 is 17.9 Å². The van der Waals surface area contributed by atoms with E-state index in [1.54, 1.807) is 19.1 Å². The van der Waals surface area contributed by atoms with Crippen molar-refractivity contribution >= 4 is 11.9 Å². The molecule has 6 heteroatoms. The Hall–Kier alpha value is -2.50. The average molecular weight is 263 g/mol. The highest BCUT2D eigenvalue weighted by atomic mass is 16.5. The van der Waals surface area contributed by atoms with Gasteiger partial charge >= 0.3 is 11.9 Å². The van der Waals surface area contributed by atoms with E-state index in [1.165, 1.54) is 19.4 Å². The smallest absolute Gasteiger partial charge is 0.354 e. The predicted octanol–water partition coefficient (Wildman–Crippen LogP) is 1.38. The molecule has 0 amide bonds. The molecule has 2 N–H and O–H groups in total. The summed E-state index contributed by atoms with van der Waals surface area (Å²) in [6, 6.07) is 3.33. The fourth-order valence-corrected chi connectivity index (χ4v) is 2.01. The minimum absolute atomic E-state index is 0.141. The van der Waals surface area contributed by atoms with Crippen molar-refractivity contribution in [3.63, 3.8) is 0 Å².